The first-order valence-electron chi connectivity index (χ1n) is 4.39. The Balaban J connectivity index is 3.06. The molecule has 72 valence electrons. The van der Waals surface area contributed by atoms with Crippen LogP contribution in [0.3, 0.4) is 0 Å². The van der Waals surface area contributed by atoms with Gasteiger partial charge >= 0.3 is 0 Å². The first-order valence-corrected chi connectivity index (χ1v) is 5.18. The number of rotatable bonds is 0. The van der Waals surface area contributed by atoms with Gasteiger partial charge in [-0.15, -0.1) is 0 Å². The maximum absolute atomic E-state index is 11.9. The van der Waals surface area contributed by atoms with Gasteiger partial charge in [0.1, 0.15) is 0 Å². The highest BCUT2D eigenvalue weighted by molar-refractivity contribution is 9.10. The van der Waals surface area contributed by atoms with Crippen LogP contribution >= 0.6 is 15.9 Å². The molecule has 0 radical (unpaired) electrons. The summed E-state index contributed by atoms with van der Waals surface area (Å²) in [6.45, 7) is 3.75. The van der Waals surface area contributed by atoms with E-state index in [0.717, 1.165) is 26.6 Å². The number of hydrogen-bond acceptors (Lipinski definition) is 1. The van der Waals surface area contributed by atoms with Crippen LogP contribution in [0.25, 0.3) is 10.9 Å². The van der Waals surface area contributed by atoms with Gasteiger partial charge in [0, 0.05) is 21.1 Å². The Morgan fingerprint density at radius 3 is 2.71 bits per heavy atom. The third-order valence-corrected chi connectivity index (χ3v) is 3.13. The topological polar surface area (TPSA) is 32.9 Å². The zero-order chi connectivity index (χ0) is 10.3. The molecule has 0 atom stereocenters. The summed E-state index contributed by atoms with van der Waals surface area (Å²) >= 11 is 3.42. The number of H-pyrrole nitrogens is 1. The third kappa shape index (κ3) is 1.28. The molecule has 14 heavy (non-hydrogen) atoms. The molecule has 2 rings (SSSR count). The summed E-state index contributed by atoms with van der Waals surface area (Å²) in [7, 11) is 0. The molecular weight excluding hydrogens is 242 g/mol. The van der Waals surface area contributed by atoms with Gasteiger partial charge in [-0.05, 0) is 41.9 Å². The van der Waals surface area contributed by atoms with Crippen LogP contribution in [0.15, 0.2) is 27.5 Å². The minimum Gasteiger partial charge on any atom is -0.357 e. The standard InChI is InChI=1S/C11H10BrNO/c1-6-7(2)13-10-8(11(6)14)4-3-5-9(10)12/h3-5H,1-2H3,(H,13,14). The molecule has 2 aromatic rings. The molecule has 0 unspecified atom stereocenters. The van der Waals surface area contributed by atoms with E-state index in [4.69, 9.17) is 0 Å². The van der Waals surface area contributed by atoms with Crippen molar-refractivity contribution < 1.29 is 0 Å². The van der Waals surface area contributed by atoms with Crippen molar-refractivity contribution >= 4 is 26.8 Å². The lowest BCUT2D eigenvalue weighted by molar-refractivity contribution is 1.17. The van der Waals surface area contributed by atoms with Crippen molar-refractivity contribution in [2.24, 2.45) is 0 Å². The normalized spacial score (nSPS) is 10.8. The highest BCUT2D eigenvalue weighted by Crippen LogP contribution is 2.20. The highest BCUT2D eigenvalue weighted by atomic mass is 79.9. The monoisotopic (exact) mass is 251 g/mol. The molecule has 3 heteroatoms. The van der Waals surface area contributed by atoms with Crippen LogP contribution in [0.5, 0.6) is 0 Å². The van der Waals surface area contributed by atoms with Gasteiger partial charge in [0.2, 0.25) is 0 Å². The molecule has 0 bridgehead atoms. The van der Waals surface area contributed by atoms with Crippen molar-refractivity contribution in [2.45, 2.75) is 13.8 Å². The summed E-state index contributed by atoms with van der Waals surface area (Å²) in [5, 5.41) is 0.738. The van der Waals surface area contributed by atoms with Crippen molar-refractivity contribution in [2.75, 3.05) is 0 Å². The summed E-state index contributed by atoms with van der Waals surface area (Å²) < 4.78 is 0.926. The van der Waals surface area contributed by atoms with Gasteiger partial charge in [0.05, 0.1) is 5.52 Å². The second kappa shape index (κ2) is 3.24. The molecule has 1 aromatic carbocycles. The predicted octanol–water partition coefficient (Wildman–Crippen LogP) is 2.91. The molecule has 0 spiro atoms. The average Bonchev–Trinajstić information content (AvgIpc) is 2.17. The Hall–Kier alpha value is -1.09. The van der Waals surface area contributed by atoms with E-state index < -0.39 is 0 Å². The molecule has 1 heterocycles. The van der Waals surface area contributed by atoms with Crippen molar-refractivity contribution in [3.63, 3.8) is 0 Å². The lowest BCUT2D eigenvalue weighted by Crippen LogP contribution is -2.09. The van der Waals surface area contributed by atoms with Crippen molar-refractivity contribution in [1.29, 1.82) is 0 Å². The minimum atomic E-state index is 0.109. The largest absolute Gasteiger partial charge is 0.357 e. The van der Waals surface area contributed by atoms with E-state index in [1.807, 2.05) is 32.0 Å². The zero-order valence-electron chi connectivity index (χ0n) is 8.02. The molecule has 0 saturated carbocycles. The lowest BCUT2D eigenvalue weighted by Gasteiger charge is -2.05. The smallest absolute Gasteiger partial charge is 0.192 e. The molecular formula is C11H10BrNO. The van der Waals surface area contributed by atoms with Gasteiger partial charge < -0.3 is 4.98 Å². The summed E-state index contributed by atoms with van der Waals surface area (Å²) in [5.41, 5.74) is 2.70. The minimum absolute atomic E-state index is 0.109. The van der Waals surface area contributed by atoms with Crippen molar-refractivity contribution in [3.05, 3.63) is 44.2 Å². The Kier molecular flexibility index (Phi) is 2.19. The Bertz CT molecular complexity index is 557. The molecule has 1 N–H and O–H groups in total. The molecule has 0 aliphatic heterocycles. The van der Waals surface area contributed by atoms with E-state index in [0.29, 0.717) is 0 Å². The fraction of sp³-hybridized carbons (Fsp3) is 0.182. The van der Waals surface area contributed by atoms with Crippen LogP contribution < -0.4 is 5.43 Å². The second-order valence-electron chi connectivity index (χ2n) is 3.37. The molecule has 0 aliphatic rings. The highest BCUT2D eigenvalue weighted by Gasteiger charge is 2.06. The molecule has 1 aromatic heterocycles. The predicted molar refractivity (Wildman–Crippen MR) is 61.7 cm³/mol. The number of pyridine rings is 1. The van der Waals surface area contributed by atoms with Gasteiger partial charge in [0.25, 0.3) is 0 Å². The van der Waals surface area contributed by atoms with Gasteiger partial charge in [-0.2, -0.15) is 0 Å². The number of aromatic nitrogens is 1. The summed E-state index contributed by atoms with van der Waals surface area (Å²) in [6, 6.07) is 5.63. The van der Waals surface area contributed by atoms with Gasteiger partial charge in [0.15, 0.2) is 5.43 Å². The van der Waals surface area contributed by atoms with Crippen LogP contribution in [0.4, 0.5) is 0 Å². The van der Waals surface area contributed by atoms with Crippen LogP contribution in [0.1, 0.15) is 11.3 Å². The molecule has 0 amide bonds. The Morgan fingerprint density at radius 2 is 2.00 bits per heavy atom. The maximum atomic E-state index is 11.9. The number of fused-ring (bicyclic) bond motifs is 1. The zero-order valence-corrected chi connectivity index (χ0v) is 9.60. The number of benzene rings is 1. The summed E-state index contributed by atoms with van der Waals surface area (Å²) in [6.07, 6.45) is 0. The van der Waals surface area contributed by atoms with Crippen LogP contribution in [-0.2, 0) is 0 Å². The molecule has 2 nitrogen and oxygen atoms in total. The van der Waals surface area contributed by atoms with E-state index in [2.05, 4.69) is 20.9 Å². The van der Waals surface area contributed by atoms with Gasteiger partial charge in [-0.3, -0.25) is 4.79 Å². The van der Waals surface area contributed by atoms with Crippen LogP contribution in [0.2, 0.25) is 0 Å². The summed E-state index contributed by atoms with van der Waals surface area (Å²) in [4.78, 5) is 15.1. The maximum Gasteiger partial charge on any atom is 0.192 e. The Labute approximate surface area is 90.1 Å². The van der Waals surface area contributed by atoms with E-state index >= 15 is 0 Å². The number of aromatic amines is 1. The van der Waals surface area contributed by atoms with Gasteiger partial charge in [-0.25, -0.2) is 0 Å². The van der Waals surface area contributed by atoms with Crippen LogP contribution in [-0.4, -0.2) is 4.98 Å². The van der Waals surface area contributed by atoms with E-state index in [1.54, 1.807) is 0 Å². The summed E-state index contributed by atoms with van der Waals surface area (Å²) in [5.74, 6) is 0. The first kappa shape index (κ1) is 9.46. The number of halogens is 1. The second-order valence-corrected chi connectivity index (χ2v) is 4.22. The lowest BCUT2D eigenvalue weighted by atomic mass is 10.1. The fourth-order valence-electron chi connectivity index (χ4n) is 1.49. The number of hydrogen-bond donors (Lipinski definition) is 1. The van der Waals surface area contributed by atoms with Crippen molar-refractivity contribution in [1.82, 2.24) is 4.98 Å². The van der Waals surface area contributed by atoms with E-state index in [-0.39, 0.29) is 5.43 Å². The molecule has 0 saturated heterocycles. The molecule has 0 fully saturated rings. The third-order valence-electron chi connectivity index (χ3n) is 2.47. The SMILES string of the molecule is Cc1[nH]c2c(Br)cccc2c(=O)c1C. The average molecular weight is 252 g/mol. The van der Waals surface area contributed by atoms with E-state index in [1.165, 1.54) is 0 Å². The van der Waals surface area contributed by atoms with E-state index in [9.17, 15) is 4.79 Å². The molecule has 0 aliphatic carbocycles. The Morgan fingerprint density at radius 1 is 1.29 bits per heavy atom. The number of para-hydroxylation sites is 1. The fourth-order valence-corrected chi connectivity index (χ4v) is 1.96. The first-order chi connectivity index (χ1) is 6.61. The quantitative estimate of drug-likeness (QED) is 0.768. The van der Waals surface area contributed by atoms with Crippen molar-refractivity contribution in [3.8, 4) is 0 Å². The van der Waals surface area contributed by atoms with Gasteiger partial charge in [-0.1, -0.05) is 6.07 Å². The number of aryl methyl sites for hydroxylation is 1. The number of nitrogens with one attached hydrogen (secondary N) is 1. The van der Waals surface area contributed by atoms with Crippen LogP contribution in [0, 0.1) is 13.8 Å².